The summed E-state index contributed by atoms with van der Waals surface area (Å²) in [6, 6.07) is 0. The lowest BCUT2D eigenvalue weighted by atomic mass is 9.83. The number of rotatable bonds is 13. The van der Waals surface area contributed by atoms with Crippen LogP contribution in [0.15, 0.2) is 0 Å². The van der Waals surface area contributed by atoms with Gasteiger partial charge in [0.1, 0.15) is 0 Å². The van der Waals surface area contributed by atoms with Crippen LogP contribution in [0.4, 0.5) is 0 Å². The maximum atomic E-state index is 10.7. The summed E-state index contributed by atoms with van der Waals surface area (Å²) in [5, 5.41) is 4.95. The molecule has 0 aromatic rings. The molecule has 0 amide bonds. The Bertz CT molecular complexity index is 326. The first kappa shape index (κ1) is 17.9. The molecule has 0 bridgehead atoms. The minimum absolute atomic E-state index is 0.127. The third kappa shape index (κ3) is 10.6. The van der Waals surface area contributed by atoms with Crippen molar-refractivity contribution < 1.29 is 13.2 Å². The molecule has 0 unspecified atom stereocenters. The topological polar surface area (TPSA) is 69.4 Å². The number of primary sulfonamides is 1. The normalized spacial score (nSPS) is 16.2. The molecular weight excluding hydrogens is 274 g/mol. The van der Waals surface area contributed by atoms with Gasteiger partial charge in [-0.25, -0.2) is 13.6 Å². The van der Waals surface area contributed by atoms with Crippen molar-refractivity contribution >= 4 is 10.0 Å². The molecule has 1 aliphatic carbocycles. The summed E-state index contributed by atoms with van der Waals surface area (Å²) in [5.74, 6) is 1.08. The summed E-state index contributed by atoms with van der Waals surface area (Å²) in [6.07, 6.45) is 13.1. The van der Waals surface area contributed by atoms with E-state index in [4.69, 9.17) is 9.88 Å². The number of hydrogen-bond acceptors (Lipinski definition) is 3. The van der Waals surface area contributed by atoms with Gasteiger partial charge < -0.3 is 4.74 Å². The lowest BCUT2D eigenvalue weighted by molar-refractivity contribution is 0.103. The largest absolute Gasteiger partial charge is 0.381 e. The van der Waals surface area contributed by atoms with Crippen molar-refractivity contribution in [2.45, 2.75) is 70.6 Å². The highest BCUT2D eigenvalue weighted by Crippen LogP contribution is 2.29. The Morgan fingerprint density at radius 2 is 1.50 bits per heavy atom. The van der Waals surface area contributed by atoms with Crippen molar-refractivity contribution in [3.8, 4) is 0 Å². The number of hydrogen-bond donors (Lipinski definition) is 1. The molecule has 1 saturated carbocycles. The van der Waals surface area contributed by atoms with Gasteiger partial charge in [0.15, 0.2) is 0 Å². The third-order valence-corrected chi connectivity index (χ3v) is 4.97. The zero-order chi connectivity index (χ0) is 14.7. The molecule has 120 valence electrons. The molecule has 1 rings (SSSR count). The fourth-order valence-corrected chi connectivity index (χ4v) is 3.13. The number of ether oxygens (including phenoxy) is 1. The van der Waals surface area contributed by atoms with E-state index in [1.54, 1.807) is 0 Å². The lowest BCUT2D eigenvalue weighted by Gasteiger charge is -2.24. The predicted octanol–water partition coefficient (Wildman–Crippen LogP) is 3.21. The smallest absolute Gasteiger partial charge is 0.209 e. The van der Waals surface area contributed by atoms with Crippen molar-refractivity contribution in [1.82, 2.24) is 0 Å². The molecule has 0 aliphatic heterocycles. The Morgan fingerprint density at radius 1 is 0.900 bits per heavy atom. The van der Waals surface area contributed by atoms with E-state index in [0.717, 1.165) is 38.4 Å². The zero-order valence-electron chi connectivity index (χ0n) is 12.7. The molecule has 1 fully saturated rings. The maximum Gasteiger partial charge on any atom is 0.209 e. The van der Waals surface area contributed by atoms with Crippen LogP contribution in [0.2, 0.25) is 0 Å². The van der Waals surface area contributed by atoms with Crippen LogP contribution in [0.5, 0.6) is 0 Å². The molecule has 0 atom stereocenters. The molecule has 0 aromatic carbocycles. The highest BCUT2D eigenvalue weighted by molar-refractivity contribution is 7.89. The van der Waals surface area contributed by atoms with Gasteiger partial charge in [0.05, 0.1) is 5.75 Å². The summed E-state index contributed by atoms with van der Waals surface area (Å²) in [7, 11) is -3.25. The van der Waals surface area contributed by atoms with Gasteiger partial charge >= 0.3 is 0 Å². The summed E-state index contributed by atoms with van der Waals surface area (Å²) >= 11 is 0. The molecular formula is C15H31NO3S. The quantitative estimate of drug-likeness (QED) is 0.531. The van der Waals surface area contributed by atoms with E-state index in [1.165, 1.54) is 44.9 Å². The Kier molecular flexibility index (Phi) is 9.48. The van der Waals surface area contributed by atoms with Gasteiger partial charge in [-0.1, -0.05) is 51.4 Å². The molecule has 0 heterocycles. The summed E-state index contributed by atoms with van der Waals surface area (Å²) in [4.78, 5) is 0. The van der Waals surface area contributed by atoms with E-state index in [9.17, 15) is 8.42 Å². The van der Waals surface area contributed by atoms with Crippen molar-refractivity contribution in [3.05, 3.63) is 0 Å². The van der Waals surface area contributed by atoms with Gasteiger partial charge in [-0.15, -0.1) is 0 Å². The van der Waals surface area contributed by atoms with Crippen LogP contribution in [0.25, 0.3) is 0 Å². The standard InChI is InChI=1S/C15H31NO3S/c16-20(17,18)14-7-5-3-1-2-4-6-12-19-13-11-15-9-8-10-15/h15H,1-14H2,(H2,16,17,18). The van der Waals surface area contributed by atoms with Gasteiger partial charge in [0.2, 0.25) is 10.0 Å². The molecule has 0 aromatic heterocycles. The second-order valence-corrected chi connectivity index (χ2v) is 7.77. The van der Waals surface area contributed by atoms with Crippen LogP contribution >= 0.6 is 0 Å². The van der Waals surface area contributed by atoms with Crippen LogP contribution < -0.4 is 5.14 Å². The molecule has 20 heavy (non-hydrogen) atoms. The lowest BCUT2D eigenvalue weighted by Crippen LogP contribution is -2.16. The molecule has 5 heteroatoms. The summed E-state index contributed by atoms with van der Waals surface area (Å²) in [6.45, 7) is 1.84. The maximum absolute atomic E-state index is 10.7. The Balaban J connectivity index is 1.70. The third-order valence-electron chi connectivity index (χ3n) is 4.11. The van der Waals surface area contributed by atoms with Crippen LogP contribution in [-0.4, -0.2) is 27.4 Å². The molecule has 2 N–H and O–H groups in total. The van der Waals surface area contributed by atoms with E-state index in [2.05, 4.69) is 0 Å². The van der Waals surface area contributed by atoms with Gasteiger partial charge in [-0.3, -0.25) is 0 Å². The van der Waals surface area contributed by atoms with Crippen molar-refractivity contribution in [2.75, 3.05) is 19.0 Å². The minimum atomic E-state index is -3.25. The van der Waals surface area contributed by atoms with Crippen LogP contribution in [-0.2, 0) is 14.8 Å². The average Bonchev–Trinajstić information content (AvgIpc) is 2.31. The minimum Gasteiger partial charge on any atom is -0.381 e. The van der Waals surface area contributed by atoms with Gasteiger partial charge in [-0.05, 0) is 25.2 Å². The summed E-state index contributed by atoms with van der Waals surface area (Å²) in [5.41, 5.74) is 0. The van der Waals surface area contributed by atoms with Crippen molar-refractivity contribution in [2.24, 2.45) is 11.1 Å². The highest BCUT2D eigenvalue weighted by Gasteiger charge is 2.16. The van der Waals surface area contributed by atoms with Gasteiger partial charge in [0, 0.05) is 13.2 Å². The van der Waals surface area contributed by atoms with E-state index < -0.39 is 10.0 Å². The molecule has 0 spiro atoms. The van der Waals surface area contributed by atoms with Crippen LogP contribution in [0.3, 0.4) is 0 Å². The van der Waals surface area contributed by atoms with Crippen LogP contribution in [0.1, 0.15) is 70.6 Å². The van der Waals surface area contributed by atoms with E-state index in [1.807, 2.05) is 0 Å². The van der Waals surface area contributed by atoms with Crippen molar-refractivity contribution in [1.29, 1.82) is 0 Å². The summed E-state index contributed by atoms with van der Waals surface area (Å²) < 4.78 is 27.1. The van der Waals surface area contributed by atoms with Gasteiger partial charge in [-0.2, -0.15) is 0 Å². The van der Waals surface area contributed by atoms with Crippen LogP contribution in [0, 0.1) is 5.92 Å². The number of sulfonamides is 1. The SMILES string of the molecule is NS(=O)(=O)CCCCCCCCCOCCC1CCC1. The number of unbranched alkanes of at least 4 members (excludes halogenated alkanes) is 6. The second-order valence-electron chi connectivity index (χ2n) is 6.04. The first-order chi connectivity index (χ1) is 9.58. The first-order valence-electron chi connectivity index (χ1n) is 8.16. The van der Waals surface area contributed by atoms with E-state index in [0.29, 0.717) is 6.42 Å². The molecule has 0 saturated heterocycles. The molecule has 1 aliphatic rings. The van der Waals surface area contributed by atoms with E-state index >= 15 is 0 Å². The Hall–Kier alpha value is -0.130. The van der Waals surface area contributed by atoms with E-state index in [-0.39, 0.29) is 5.75 Å². The first-order valence-corrected chi connectivity index (χ1v) is 9.88. The zero-order valence-corrected chi connectivity index (χ0v) is 13.5. The average molecular weight is 305 g/mol. The van der Waals surface area contributed by atoms with Crippen molar-refractivity contribution in [3.63, 3.8) is 0 Å². The molecule has 0 radical (unpaired) electrons. The van der Waals surface area contributed by atoms with Gasteiger partial charge in [0.25, 0.3) is 0 Å². The molecule has 4 nitrogen and oxygen atoms in total. The monoisotopic (exact) mass is 305 g/mol. The second kappa shape index (κ2) is 10.6. The highest BCUT2D eigenvalue weighted by atomic mass is 32.2. The number of nitrogens with two attached hydrogens (primary N) is 1. The predicted molar refractivity (Wildman–Crippen MR) is 83.1 cm³/mol. The Labute approximate surface area is 124 Å². The fraction of sp³-hybridized carbons (Fsp3) is 1.00. The fourth-order valence-electron chi connectivity index (χ4n) is 2.52. The Morgan fingerprint density at radius 3 is 2.05 bits per heavy atom.